The molecule has 0 bridgehead atoms. The SMILES string of the molecule is Cc1cccc(C(N)=O)c1C1=CCOC=C1. The minimum absolute atomic E-state index is 0.403. The minimum atomic E-state index is -0.403. The van der Waals surface area contributed by atoms with Crippen LogP contribution in [-0.2, 0) is 4.74 Å². The largest absolute Gasteiger partial charge is 0.497 e. The van der Waals surface area contributed by atoms with Crippen molar-refractivity contribution in [1.29, 1.82) is 0 Å². The number of allylic oxidation sites excluding steroid dienone is 2. The Morgan fingerprint density at radius 1 is 1.44 bits per heavy atom. The van der Waals surface area contributed by atoms with E-state index in [2.05, 4.69) is 0 Å². The van der Waals surface area contributed by atoms with Gasteiger partial charge in [-0.05, 0) is 41.8 Å². The Morgan fingerprint density at radius 3 is 2.88 bits per heavy atom. The average molecular weight is 215 g/mol. The molecule has 0 fully saturated rings. The fraction of sp³-hybridized carbons (Fsp3) is 0.154. The van der Waals surface area contributed by atoms with E-state index in [9.17, 15) is 4.79 Å². The van der Waals surface area contributed by atoms with Crippen molar-refractivity contribution < 1.29 is 9.53 Å². The van der Waals surface area contributed by atoms with Gasteiger partial charge in [-0.25, -0.2) is 0 Å². The zero-order chi connectivity index (χ0) is 11.5. The van der Waals surface area contributed by atoms with E-state index in [1.165, 1.54) is 0 Å². The summed E-state index contributed by atoms with van der Waals surface area (Å²) in [5.41, 5.74) is 8.84. The van der Waals surface area contributed by atoms with Crippen LogP contribution in [0.1, 0.15) is 21.5 Å². The van der Waals surface area contributed by atoms with Crippen LogP contribution in [0.3, 0.4) is 0 Å². The highest BCUT2D eigenvalue weighted by molar-refractivity contribution is 6.00. The van der Waals surface area contributed by atoms with Gasteiger partial charge in [0, 0.05) is 5.56 Å². The molecule has 0 radical (unpaired) electrons. The number of carbonyl (C=O) groups excluding carboxylic acids is 1. The summed E-state index contributed by atoms with van der Waals surface area (Å²) in [5.74, 6) is -0.403. The highest BCUT2D eigenvalue weighted by atomic mass is 16.5. The Hall–Kier alpha value is -2.03. The molecule has 1 heterocycles. The first-order valence-electron chi connectivity index (χ1n) is 5.08. The number of primary amides is 1. The number of hydrogen-bond donors (Lipinski definition) is 1. The van der Waals surface area contributed by atoms with Gasteiger partial charge < -0.3 is 10.5 Å². The maximum Gasteiger partial charge on any atom is 0.249 e. The molecule has 0 spiro atoms. The van der Waals surface area contributed by atoms with Crippen LogP contribution < -0.4 is 5.73 Å². The molecule has 0 aromatic heterocycles. The lowest BCUT2D eigenvalue weighted by Crippen LogP contribution is -2.14. The maximum absolute atomic E-state index is 11.4. The Kier molecular flexibility index (Phi) is 2.77. The summed E-state index contributed by atoms with van der Waals surface area (Å²) >= 11 is 0. The van der Waals surface area contributed by atoms with E-state index >= 15 is 0 Å². The number of rotatable bonds is 2. The zero-order valence-corrected chi connectivity index (χ0v) is 9.07. The molecule has 82 valence electrons. The van der Waals surface area contributed by atoms with Gasteiger partial charge in [-0.1, -0.05) is 12.1 Å². The zero-order valence-electron chi connectivity index (χ0n) is 9.07. The van der Waals surface area contributed by atoms with Crippen LogP contribution in [0.5, 0.6) is 0 Å². The molecule has 0 saturated carbocycles. The van der Waals surface area contributed by atoms with Crippen molar-refractivity contribution in [3.05, 3.63) is 53.3 Å². The highest BCUT2D eigenvalue weighted by Gasteiger charge is 2.13. The van der Waals surface area contributed by atoms with Crippen molar-refractivity contribution >= 4 is 11.5 Å². The molecule has 0 saturated heterocycles. The number of ether oxygens (including phenoxy) is 1. The second-order valence-electron chi connectivity index (χ2n) is 3.66. The van der Waals surface area contributed by atoms with Crippen LogP contribution in [0, 0.1) is 6.92 Å². The van der Waals surface area contributed by atoms with Gasteiger partial charge in [0.2, 0.25) is 5.91 Å². The first-order chi connectivity index (χ1) is 7.70. The maximum atomic E-state index is 11.4. The van der Waals surface area contributed by atoms with Crippen molar-refractivity contribution in [2.45, 2.75) is 6.92 Å². The van der Waals surface area contributed by atoms with Crippen LogP contribution in [0.15, 0.2) is 36.6 Å². The van der Waals surface area contributed by atoms with Crippen molar-refractivity contribution in [2.24, 2.45) is 5.73 Å². The Bertz CT molecular complexity index is 487. The molecule has 0 aliphatic carbocycles. The lowest BCUT2D eigenvalue weighted by molar-refractivity contribution is 0.1000. The molecule has 1 aliphatic rings. The topological polar surface area (TPSA) is 52.3 Å². The van der Waals surface area contributed by atoms with Crippen molar-refractivity contribution in [1.82, 2.24) is 0 Å². The average Bonchev–Trinajstić information content (AvgIpc) is 2.29. The van der Waals surface area contributed by atoms with Gasteiger partial charge in [0.25, 0.3) is 0 Å². The standard InChI is InChI=1S/C13H13NO2/c1-9-3-2-4-11(13(14)15)12(9)10-5-7-16-8-6-10/h2-7H,8H2,1H3,(H2,14,15). The van der Waals surface area contributed by atoms with Crippen LogP contribution in [0.4, 0.5) is 0 Å². The molecule has 1 aromatic rings. The van der Waals surface area contributed by atoms with Gasteiger partial charge in [0.05, 0.1) is 6.26 Å². The van der Waals surface area contributed by atoms with Crippen molar-refractivity contribution in [3.63, 3.8) is 0 Å². The highest BCUT2D eigenvalue weighted by Crippen LogP contribution is 2.25. The number of hydrogen-bond acceptors (Lipinski definition) is 2. The third kappa shape index (κ3) is 1.84. The summed E-state index contributed by atoms with van der Waals surface area (Å²) in [6.45, 7) is 2.49. The van der Waals surface area contributed by atoms with Gasteiger partial charge in [-0.15, -0.1) is 0 Å². The van der Waals surface area contributed by atoms with E-state index < -0.39 is 5.91 Å². The monoisotopic (exact) mass is 215 g/mol. The summed E-state index contributed by atoms with van der Waals surface area (Å²) in [6.07, 6.45) is 5.42. The molecule has 16 heavy (non-hydrogen) atoms. The van der Waals surface area contributed by atoms with Gasteiger partial charge >= 0.3 is 0 Å². The second kappa shape index (κ2) is 4.23. The normalized spacial score (nSPS) is 14.2. The van der Waals surface area contributed by atoms with Crippen LogP contribution in [0.25, 0.3) is 5.57 Å². The van der Waals surface area contributed by atoms with E-state index in [4.69, 9.17) is 10.5 Å². The quantitative estimate of drug-likeness (QED) is 0.820. The molecule has 2 rings (SSSR count). The van der Waals surface area contributed by atoms with Gasteiger partial charge in [-0.2, -0.15) is 0 Å². The Morgan fingerprint density at radius 2 is 2.25 bits per heavy atom. The first-order valence-corrected chi connectivity index (χ1v) is 5.08. The smallest absolute Gasteiger partial charge is 0.249 e. The fourth-order valence-corrected chi connectivity index (χ4v) is 1.82. The molecule has 1 aromatic carbocycles. The molecule has 1 aliphatic heterocycles. The van der Waals surface area contributed by atoms with Crippen molar-refractivity contribution in [2.75, 3.05) is 6.61 Å². The molecular formula is C13H13NO2. The molecular weight excluding hydrogens is 202 g/mol. The van der Waals surface area contributed by atoms with Gasteiger partial charge in [-0.3, -0.25) is 4.79 Å². The summed E-state index contributed by atoms with van der Waals surface area (Å²) in [6, 6.07) is 5.54. The number of aryl methyl sites for hydroxylation is 1. The minimum Gasteiger partial charge on any atom is -0.497 e. The number of nitrogens with two attached hydrogens (primary N) is 1. The van der Waals surface area contributed by atoms with E-state index in [0.29, 0.717) is 12.2 Å². The van der Waals surface area contributed by atoms with Crippen molar-refractivity contribution in [3.8, 4) is 0 Å². The molecule has 1 amide bonds. The Balaban J connectivity index is 2.58. The summed E-state index contributed by atoms with van der Waals surface area (Å²) in [4.78, 5) is 11.4. The number of carbonyl (C=O) groups is 1. The summed E-state index contributed by atoms with van der Waals surface area (Å²) < 4.78 is 5.09. The predicted octanol–water partition coefficient (Wildman–Crippen LogP) is 2.02. The van der Waals surface area contributed by atoms with Gasteiger partial charge in [0.15, 0.2) is 0 Å². The third-order valence-corrected chi connectivity index (χ3v) is 2.57. The van der Waals surface area contributed by atoms with Crippen LogP contribution in [-0.4, -0.2) is 12.5 Å². The van der Waals surface area contributed by atoms with E-state index in [1.54, 1.807) is 12.3 Å². The summed E-state index contributed by atoms with van der Waals surface area (Å²) in [5, 5.41) is 0. The third-order valence-electron chi connectivity index (χ3n) is 2.57. The summed E-state index contributed by atoms with van der Waals surface area (Å²) in [7, 11) is 0. The molecule has 3 nitrogen and oxygen atoms in total. The van der Waals surface area contributed by atoms with Crippen LogP contribution >= 0.6 is 0 Å². The molecule has 3 heteroatoms. The van der Waals surface area contributed by atoms with E-state index in [-0.39, 0.29) is 0 Å². The molecule has 0 unspecified atom stereocenters. The molecule has 0 atom stereocenters. The van der Waals surface area contributed by atoms with Crippen LogP contribution in [0.2, 0.25) is 0 Å². The predicted molar refractivity (Wildman–Crippen MR) is 62.8 cm³/mol. The Labute approximate surface area is 94.2 Å². The van der Waals surface area contributed by atoms with E-state index in [1.807, 2.05) is 31.2 Å². The fourth-order valence-electron chi connectivity index (χ4n) is 1.82. The number of benzene rings is 1. The van der Waals surface area contributed by atoms with E-state index in [0.717, 1.165) is 16.7 Å². The number of amides is 1. The first kappa shape index (κ1) is 10.5. The lowest BCUT2D eigenvalue weighted by atomic mass is 9.94. The second-order valence-corrected chi connectivity index (χ2v) is 3.66. The van der Waals surface area contributed by atoms with Gasteiger partial charge in [0.1, 0.15) is 6.61 Å². The molecule has 2 N–H and O–H groups in total. The lowest BCUT2D eigenvalue weighted by Gasteiger charge is -2.14.